The number of rotatable bonds is 2. The lowest BCUT2D eigenvalue weighted by atomic mass is 10.2. The lowest BCUT2D eigenvalue weighted by Crippen LogP contribution is -2.44. The van der Waals surface area contributed by atoms with Crippen molar-refractivity contribution in [1.82, 2.24) is 4.90 Å². The third-order valence-electron chi connectivity index (χ3n) is 3.05. The highest BCUT2D eigenvalue weighted by molar-refractivity contribution is 7.90. The van der Waals surface area contributed by atoms with Gasteiger partial charge in [0.15, 0.2) is 9.84 Å². The lowest BCUT2D eigenvalue weighted by molar-refractivity contribution is -0.0125. The normalized spacial score (nSPS) is 20.3. The third kappa shape index (κ3) is 3.13. The quantitative estimate of drug-likeness (QED) is 0.810. The summed E-state index contributed by atoms with van der Waals surface area (Å²) in [6, 6.07) is 6.31. The molecule has 19 heavy (non-hydrogen) atoms. The molecule has 1 fully saturated rings. The third-order valence-corrected chi connectivity index (χ3v) is 4.20. The van der Waals surface area contributed by atoms with Crippen molar-refractivity contribution in [3.8, 4) is 0 Å². The van der Waals surface area contributed by atoms with Crippen LogP contribution in [0, 0.1) is 0 Å². The van der Waals surface area contributed by atoms with E-state index in [-0.39, 0.29) is 22.5 Å². The maximum atomic E-state index is 12.4. The molecule has 0 unspecified atom stereocenters. The van der Waals surface area contributed by atoms with Crippen LogP contribution in [0.1, 0.15) is 17.3 Å². The van der Waals surface area contributed by atoms with E-state index < -0.39 is 9.84 Å². The number of ether oxygens (including phenoxy) is 1. The molecule has 0 radical (unpaired) electrons. The second-order valence-corrected chi connectivity index (χ2v) is 6.69. The van der Waals surface area contributed by atoms with Crippen molar-refractivity contribution < 1.29 is 17.9 Å². The fourth-order valence-electron chi connectivity index (χ4n) is 2.14. The molecule has 1 aromatic carbocycles. The van der Waals surface area contributed by atoms with E-state index in [0.29, 0.717) is 19.7 Å². The van der Waals surface area contributed by atoms with Gasteiger partial charge in [0.05, 0.1) is 23.2 Å². The molecule has 0 aromatic heterocycles. The first kappa shape index (κ1) is 14.0. The summed E-state index contributed by atoms with van der Waals surface area (Å²) in [5, 5.41) is 0. The first-order valence-corrected chi connectivity index (χ1v) is 7.98. The highest BCUT2D eigenvalue weighted by Gasteiger charge is 2.26. The molecular weight excluding hydrogens is 266 g/mol. The van der Waals surface area contributed by atoms with E-state index in [9.17, 15) is 13.2 Å². The van der Waals surface area contributed by atoms with E-state index in [2.05, 4.69) is 0 Å². The Morgan fingerprint density at radius 3 is 2.68 bits per heavy atom. The van der Waals surface area contributed by atoms with Crippen molar-refractivity contribution >= 4 is 15.7 Å². The number of hydrogen-bond donors (Lipinski definition) is 0. The molecule has 1 heterocycles. The van der Waals surface area contributed by atoms with Crippen LogP contribution in [-0.2, 0) is 14.6 Å². The molecule has 5 nitrogen and oxygen atoms in total. The first-order valence-electron chi connectivity index (χ1n) is 6.09. The molecule has 1 aliphatic rings. The minimum Gasteiger partial charge on any atom is -0.375 e. The summed E-state index contributed by atoms with van der Waals surface area (Å²) in [5.41, 5.74) is 0.235. The molecule has 1 amide bonds. The van der Waals surface area contributed by atoms with Crippen molar-refractivity contribution in [3.05, 3.63) is 29.8 Å². The van der Waals surface area contributed by atoms with Gasteiger partial charge in [-0.2, -0.15) is 0 Å². The van der Waals surface area contributed by atoms with E-state index in [0.717, 1.165) is 6.26 Å². The number of amides is 1. The van der Waals surface area contributed by atoms with Gasteiger partial charge in [0.1, 0.15) is 0 Å². The van der Waals surface area contributed by atoms with Crippen molar-refractivity contribution in [2.75, 3.05) is 26.0 Å². The monoisotopic (exact) mass is 283 g/mol. The Hall–Kier alpha value is -1.40. The van der Waals surface area contributed by atoms with Gasteiger partial charge in [0, 0.05) is 19.3 Å². The van der Waals surface area contributed by atoms with Gasteiger partial charge in [-0.05, 0) is 19.1 Å². The summed E-state index contributed by atoms with van der Waals surface area (Å²) in [4.78, 5) is 14.1. The molecule has 104 valence electrons. The molecule has 1 aliphatic heterocycles. The van der Waals surface area contributed by atoms with Crippen molar-refractivity contribution in [2.45, 2.75) is 17.9 Å². The van der Waals surface area contributed by atoms with E-state index in [1.807, 2.05) is 6.92 Å². The average molecular weight is 283 g/mol. The van der Waals surface area contributed by atoms with Crippen LogP contribution in [0.4, 0.5) is 0 Å². The van der Waals surface area contributed by atoms with Crippen LogP contribution < -0.4 is 0 Å². The van der Waals surface area contributed by atoms with E-state index in [1.165, 1.54) is 6.07 Å². The zero-order chi connectivity index (χ0) is 14.0. The van der Waals surface area contributed by atoms with Crippen molar-refractivity contribution in [2.24, 2.45) is 0 Å². The van der Waals surface area contributed by atoms with Gasteiger partial charge in [-0.3, -0.25) is 4.79 Å². The standard InChI is InChI=1S/C13H17NO4S/c1-10-9-14(7-8-18-10)13(15)11-5-3-4-6-12(11)19(2,16)17/h3-6,10H,7-9H2,1-2H3/t10-/m0/s1. The lowest BCUT2D eigenvalue weighted by Gasteiger charge is -2.31. The van der Waals surface area contributed by atoms with Crippen LogP contribution in [-0.4, -0.2) is 51.3 Å². The Morgan fingerprint density at radius 1 is 1.37 bits per heavy atom. The number of benzene rings is 1. The Morgan fingerprint density at radius 2 is 2.05 bits per heavy atom. The van der Waals surface area contributed by atoms with Crippen LogP contribution >= 0.6 is 0 Å². The number of hydrogen-bond acceptors (Lipinski definition) is 4. The summed E-state index contributed by atoms with van der Waals surface area (Å²) in [7, 11) is -3.41. The van der Waals surface area contributed by atoms with Gasteiger partial charge in [-0.25, -0.2) is 8.42 Å². The van der Waals surface area contributed by atoms with Gasteiger partial charge in [0.25, 0.3) is 5.91 Å². The fraction of sp³-hybridized carbons (Fsp3) is 0.462. The molecule has 1 aromatic rings. The molecule has 1 atom stereocenters. The molecule has 1 saturated heterocycles. The van der Waals surface area contributed by atoms with Crippen molar-refractivity contribution in [3.63, 3.8) is 0 Å². The van der Waals surface area contributed by atoms with E-state index in [4.69, 9.17) is 4.74 Å². The Balaban J connectivity index is 2.34. The maximum Gasteiger partial charge on any atom is 0.255 e. The fourth-order valence-corrected chi connectivity index (χ4v) is 3.02. The highest BCUT2D eigenvalue weighted by atomic mass is 32.2. The Labute approximate surface area is 113 Å². The highest BCUT2D eigenvalue weighted by Crippen LogP contribution is 2.18. The second-order valence-electron chi connectivity index (χ2n) is 4.70. The summed E-state index contributed by atoms with van der Waals surface area (Å²) in [6.45, 7) is 3.34. The topological polar surface area (TPSA) is 63.7 Å². The molecular formula is C13H17NO4S. The number of carbonyl (C=O) groups is 1. The largest absolute Gasteiger partial charge is 0.375 e. The SMILES string of the molecule is C[C@H]1CN(C(=O)c2ccccc2S(C)(=O)=O)CCO1. The Bertz CT molecular complexity index is 582. The van der Waals surface area contributed by atoms with Crippen molar-refractivity contribution in [1.29, 1.82) is 0 Å². The van der Waals surface area contributed by atoms with E-state index >= 15 is 0 Å². The molecule has 0 saturated carbocycles. The number of nitrogens with zero attached hydrogens (tertiary/aromatic N) is 1. The molecule has 0 aliphatic carbocycles. The molecule has 6 heteroatoms. The average Bonchev–Trinajstić information content (AvgIpc) is 2.37. The minimum absolute atomic E-state index is 0.0249. The predicted molar refractivity (Wildman–Crippen MR) is 70.9 cm³/mol. The first-order chi connectivity index (χ1) is 8.89. The zero-order valence-electron chi connectivity index (χ0n) is 11.0. The summed E-state index contributed by atoms with van der Waals surface area (Å²) in [5.74, 6) is -0.254. The van der Waals surface area contributed by atoms with Crippen LogP contribution in [0.15, 0.2) is 29.2 Å². The molecule has 2 rings (SSSR count). The molecule has 0 bridgehead atoms. The molecule has 0 N–H and O–H groups in total. The summed E-state index contributed by atoms with van der Waals surface area (Å²) < 4.78 is 28.8. The maximum absolute atomic E-state index is 12.4. The van der Waals surface area contributed by atoms with Gasteiger partial charge >= 0.3 is 0 Å². The summed E-state index contributed by atoms with van der Waals surface area (Å²) >= 11 is 0. The van der Waals surface area contributed by atoms with E-state index in [1.54, 1.807) is 23.1 Å². The summed E-state index contributed by atoms with van der Waals surface area (Å²) in [6.07, 6.45) is 1.09. The van der Waals surface area contributed by atoms with Crippen LogP contribution in [0.2, 0.25) is 0 Å². The van der Waals surface area contributed by atoms with Crippen LogP contribution in [0.5, 0.6) is 0 Å². The number of morpholine rings is 1. The molecule has 0 spiro atoms. The smallest absolute Gasteiger partial charge is 0.255 e. The van der Waals surface area contributed by atoms with Gasteiger partial charge in [0.2, 0.25) is 0 Å². The van der Waals surface area contributed by atoms with Gasteiger partial charge < -0.3 is 9.64 Å². The number of carbonyl (C=O) groups excluding carboxylic acids is 1. The number of sulfone groups is 1. The van der Waals surface area contributed by atoms with Gasteiger partial charge in [-0.1, -0.05) is 12.1 Å². The van der Waals surface area contributed by atoms with Crippen LogP contribution in [0.3, 0.4) is 0 Å². The zero-order valence-corrected chi connectivity index (χ0v) is 11.8. The second kappa shape index (κ2) is 5.30. The predicted octanol–water partition coefficient (Wildman–Crippen LogP) is 0.951. The van der Waals surface area contributed by atoms with Gasteiger partial charge in [-0.15, -0.1) is 0 Å². The Kier molecular flexibility index (Phi) is 3.91. The minimum atomic E-state index is -3.41. The van der Waals surface area contributed by atoms with Crippen LogP contribution in [0.25, 0.3) is 0 Å².